The standard InChI is InChI=1S/C17H24N6OS/c1-22-16(19-20-21-22)25-11-15(24)23(4-2-3-18)17-8-12-5-13(9-17)7-14(6-12)10-17/h12-14H,2,4-11H2,1H3. The summed E-state index contributed by atoms with van der Waals surface area (Å²) in [4.78, 5) is 15.2. The highest BCUT2D eigenvalue weighted by Gasteiger charge is 2.54. The molecule has 1 heterocycles. The SMILES string of the molecule is Cn1nnnc1SCC(=O)N(CCC#N)C12CC3CC(CC(C3)C1)C2. The third kappa shape index (κ3) is 3.14. The third-order valence-electron chi connectivity index (χ3n) is 6.23. The van der Waals surface area contributed by atoms with Crippen molar-refractivity contribution in [2.45, 2.75) is 55.6 Å². The molecule has 0 saturated heterocycles. The first-order valence-electron chi connectivity index (χ1n) is 9.12. The predicted molar refractivity (Wildman–Crippen MR) is 92.4 cm³/mol. The largest absolute Gasteiger partial charge is 0.335 e. The van der Waals surface area contributed by atoms with Crippen LogP contribution in [0.15, 0.2) is 5.16 Å². The second kappa shape index (κ2) is 6.60. The van der Waals surface area contributed by atoms with Crippen molar-refractivity contribution < 1.29 is 4.79 Å². The number of nitriles is 1. The van der Waals surface area contributed by atoms with Crippen LogP contribution < -0.4 is 0 Å². The number of hydrogen-bond acceptors (Lipinski definition) is 6. The van der Waals surface area contributed by atoms with Crippen LogP contribution in [0.5, 0.6) is 0 Å². The maximum Gasteiger partial charge on any atom is 0.233 e. The third-order valence-corrected chi connectivity index (χ3v) is 7.23. The van der Waals surface area contributed by atoms with E-state index in [1.165, 1.54) is 31.0 Å². The fourth-order valence-corrected chi connectivity index (χ4v) is 6.46. The van der Waals surface area contributed by atoms with Crippen LogP contribution in [0.4, 0.5) is 0 Å². The van der Waals surface area contributed by atoms with E-state index in [0.29, 0.717) is 23.9 Å². The Morgan fingerprint density at radius 1 is 1.32 bits per heavy atom. The monoisotopic (exact) mass is 360 g/mol. The van der Waals surface area contributed by atoms with Crippen LogP contribution in [0.3, 0.4) is 0 Å². The summed E-state index contributed by atoms with van der Waals surface area (Å²) in [6.07, 6.45) is 7.84. The summed E-state index contributed by atoms with van der Waals surface area (Å²) in [6.45, 7) is 0.555. The van der Waals surface area contributed by atoms with Gasteiger partial charge in [0.05, 0.1) is 18.2 Å². The van der Waals surface area contributed by atoms with Crippen LogP contribution in [0, 0.1) is 29.1 Å². The number of aromatic nitrogens is 4. The first-order valence-corrected chi connectivity index (χ1v) is 10.1. The number of rotatable bonds is 6. The highest BCUT2D eigenvalue weighted by molar-refractivity contribution is 7.99. The van der Waals surface area contributed by atoms with Crippen molar-refractivity contribution in [3.63, 3.8) is 0 Å². The van der Waals surface area contributed by atoms with Crippen molar-refractivity contribution in [2.24, 2.45) is 24.8 Å². The Labute approximate surface area is 152 Å². The molecule has 1 aromatic rings. The molecule has 1 amide bonds. The maximum atomic E-state index is 13.1. The van der Waals surface area contributed by atoms with Crippen molar-refractivity contribution in [3.05, 3.63) is 0 Å². The molecule has 4 saturated carbocycles. The van der Waals surface area contributed by atoms with Gasteiger partial charge >= 0.3 is 0 Å². The average molecular weight is 360 g/mol. The number of nitrogens with zero attached hydrogens (tertiary/aromatic N) is 6. The van der Waals surface area contributed by atoms with Crippen LogP contribution in [0.2, 0.25) is 0 Å². The van der Waals surface area contributed by atoms with Crippen molar-refractivity contribution in [1.29, 1.82) is 5.26 Å². The van der Waals surface area contributed by atoms with Crippen molar-refractivity contribution in [1.82, 2.24) is 25.1 Å². The van der Waals surface area contributed by atoms with E-state index in [9.17, 15) is 4.79 Å². The van der Waals surface area contributed by atoms with Gasteiger partial charge in [-0.1, -0.05) is 11.8 Å². The summed E-state index contributed by atoms with van der Waals surface area (Å²) >= 11 is 1.38. The molecule has 4 bridgehead atoms. The lowest BCUT2D eigenvalue weighted by atomic mass is 9.52. The molecule has 4 aliphatic rings. The number of tetrazole rings is 1. The van der Waals surface area contributed by atoms with E-state index in [-0.39, 0.29) is 11.4 Å². The predicted octanol–water partition coefficient (Wildman–Crippen LogP) is 2.01. The van der Waals surface area contributed by atoms with Gasteiger partial charge in [-0.25, -0.2) is 4.68 Å². The van der Waals surface area contributed by atoms with E-state index in [4.69, 9.17) is 5.26 Å². The van der Waals surface area contributed by atoms with E-state index >= 15 is 0 Å². The molecule has 4 aliphatic carbocycles. The van der Waals surface area contributed by atoms with E-state index < -0.39 is 0 Å². The minimum atomic E-state index is 0.00137. The molecule has 7 nitrogen and oxygen atoms in total. The van der Waals surface area contributed by atoms with Crippen LogP contribution in [0.1, 0.15) is 44.9 Å². The molecule has 5 rings (SSSR count). The number of amides is 1. The smallest absolute Gasteiger partial charge is 0.233 e. The second-order valence-electron chi connectivity index (χ2n) is 7.97. The first kappa shape index (κ1) is 16.8. The lowest BCUT2D eigenvalue weighted by molar-refractivity contribution is -0.147. The maximum absolute atomic E-state index is 13.1. The van der Waals surface area contributed by atoms with Crippen LogP contribution >= 0.6 is 11.8 Å². The minimum absolute atomic E-state index is 0.00137. The Bertz CT molecular complexity index is 660. The van der Waals surface area contributed by atoms with Gasteiger partial charge in [-0.15, -0.1) is 5.10 Å². The van der Waals surface area contributed by atoms with Crippen LogP contribution in [0.25, 0.3) is 0 Å². The summed E-state index contributed by atoms with van der Waals surface area (Å²) in [5.74, 6) is 2.80. The number of carbonyl (C=O) groups excluding carboxylic acids is 1. The van der Waals surface area contributed by atoms with Gasteiger partial charge in [0.1, 0.15) is 0 Å². The summed E-state index contributed by atoms with van der Waals surface area (Å²) in [5, 5.41) is 21.1. The normalized spacial score (nSPS) is 32.6. The fraction of sp³-hybridized carbons (Fsp3) is 0.824. The quantitative estimate of drug-likeness (QED) is 0.721. The van der Waals surface area contributed by atoms with E-state index in [1.54, 1.807) is 11.7 Å². The van der Waals surface area contributed by atoms with Gasteiger partial charge in [-0.2, -0.15) is 5.26 Å². The fourth-order valence-electron chi connectivity index (χ4n) is 5.73. The lowest BCUT2D eigenvalue weighted by Gasteiger charge is -2.60. The van der Waals surface area contributed by atoms with Crippen LogP contribution in [-0.4, -0.2) is 48.9 Å². The number of carbonyl (C=O) groups is 1. The van der Waals surface area contributed by atoms with Crippen molar-refractivity contribution >= 4 is 17.7 Å². The Morgan fingerprint density at radius 3 is 2.48 bits per heavy atom. The molecule has 134 valence electrons. The Hall–Kier alpha value is -1.62. The average Bonchev–Trinajstić information content (AvgIpc) is 2.97. The lowest BCUT2D eigenvalue weighted by Crippen LogP contribution is -2.62. The highest BCUT2D eigenvalue weighted by atomic mass is 32.2. The van der Waals surface area contributed by atoms with Gasteiger partial charge in [0, 0.05) is 19.1 Å². The number of thioether (sulfide) groups is 1. The molecule has 0 radical (unpaired) electrons. The molecular weight excluding hydrogens is 336 g/mol. The minimum Gasteiger partial charge on any atom is -0.335 e. The summed E-state index contributed by atoms with van der Waals surface area (Å²) in [5.41, 5.74) is 0.00137. The van der Waals surface area contributed by atoms with E-state index in [2.05, 4.69) is 26.5 Å². The Balaban J connectivity index is 1.50. The molecule has 0 N–H and O–H groups in total. The summed E-state index contributed by atoms with van der Waals surface area (Å²) in [6, 6.07) is 2.23. The number of aryl methyl sites for hydroxylation is 1. The topological polar surface area (TPSA) is 87.7 Å². The molecule has 0 atom stereocenters. The van der Waals surface area contributed by atoms with Gasteiger partial charge in [-0.3, -0.25) is 4.79 Å². The highest BCUT2D eigenvalue weighted by Crippen LogP contribution is 2.57. The van der Waals surface area contributed by atoms with Gasteiger partial charge in [0.2, 0.25) is 11.1 Å². The van der Waals surface area contributed by atoms with Gasteiger partial charge < -0.3 is 4.90 Å². The zero-order chi connectivity index (χ0) is 17.4. The molecule has 0 aromatic carbocycles. The summed E-state index contributed by atoms with van der Waals surface area (Å²) in [7, 11) is 1.78. The molecule has 1 aromatic heterocycles. The van der Waals surface area contributed by atoms with Crippen LogP contribution in [-0.2, 0) is 11.8 Å². The Morgan fingerprint density at radius 2 is 1.96 bits per heavy atom. The first-order chi connectivity index (χ1) is 12.1. The molecule has 4 fully saturated rings. The van der Waals surface area contributed by atoms with E-state index in [0.717, 1.165) is 37.0 Å². The molecular formula is C17H24N6OS. The molecule has 0 unspecified atom stereocenters. The molecule has 0 spiro atoms. The summed E-state index contributed by atoms with van der Waals surface area (Å²) < 4.78 is 1.59. The molecule has 8 heteroatoms. The Kier molecular flexibility index (Phi) is 4.44. The van der Waals surface area contributed by atoms with Gasteiger partial charge in [-0.05, 0) is 66.7 Å². The molecule has 0 aliphatic heterocycles. The second-order valence-corrected chi connectivity index (χ2v) is 8.91. The van der Waals surface area contributed by atoms with E-state index in [1.807, 2.05) is 0 Å². The van der Waals surface area contributed by atoms with Crippen molar-refractivity contribution in [3.8, 4) is 6.07 Å². The zero-order valence-electron chi connectivity index (χ0n) is 14.6. The zero-order valence-corrected chi connectivity index (χ0v) is 15.4. The number of hydrogen-bond donors (Lipinski definition) is 0. The molecule has 25 heavy (non-hydrogen) atoms. The van der Waals surface area contributed by atoms with Gasteiger partial charge in [0.25, 0.3) is 0 Å². The van der Waals surface area contributed by atoms with Gasteiger partial charge in [0.15, 0.2) is 0 Å². The van der Waals surface area contributed by atoms with Crippen molar-refractivity contribution in [2.75, 3.05) is 12.3 Å².